The topological polar surface area (TPSA) is 40.5 Å². The Kier molecular flexibility index (Phi) is 5.86. The van der Waals surface area contributed by atoms with Gasteiger partial charge in [-0.05, 0) is 23.3 Å². The maximum Gasteiger partial charge on any atom is 0.432 e. The van der Waals surface area contributed by atoms with Gasteiger partial charge in [-0.3, -0.25) is 0 Å². The van der Waals surface area contributed by atoms with Crippen LogP contribution in [-0.2, 0) is 0 Å². The summed E-state index contributed by atoms with van der Waals surface area (Å²) in [6, 6.07) is 18.7. The molecule has 0 heterocycles. The van der Waals surface area contributed by atoms with Gasteiger partial charge in [-0.2, -0.15) is 0 Å². The average molecular weight is 279 g/mol. The van der Waals surface area contributed by atoms with E-state index >= 15 is 0 Å². The molecular formula is C12H12BBrO2. The van der Waals surface area contributed by atoms with Crippen molar-refractivity contribution in [3.63, 3.8) is 0 Å². The summed E-state index contributed by atoms with van der Waals surface area (Å²) >= 11 is 3.42. The Morgan fingerprint density at radius 3 is 1.69 bits per heavy atom. The van der Waals surface area contributed by atoms with Crippen LogP contribution >= 0.6 is 15.9 Å². The van der Waals surface area contributed by atoms with Gasteiger partial charge < -0.3 is 10.0 Å². The minimum absolute atomic E-state index is 0.750. The van der Waals surface area contributed by atoms with Gasteiger partial charge in [0.25, 0.3) is 0 Å². The van der Waals surface area contributed by atoms with Crippen LogP contribution in [0.2, 0.25) is 0 Å². The smallest absolute Gasteiger partial charge is 0.430 e. The molecule has 2 aromatic rings. The molecule has 0 unspecified atom stereocenters. The van der Waals surface area contributed by atoms with E-state index in [1.165, 1.54) is 11.1 Å². The summed E-state index contributed by atoms with van der Waals surface area (Å²) in [6.45, 7) is 0. The number of benzene rings is 2. The third-order valence-corrected chi connectivity index (χ3v) is 2.48. The second-order valence-corrected chi connectivity index (χ2v) is 3.93. The minimum Gasteiger partial charge on any atom is -0.430 e. The Bertz CT molecular complexity index is 403. The molecule has 2 N–H and O–H groups in total. The third kappa shape index (κ3) is 4.19. The fourth-order valence-electron chi connectivity index (χ4n) is 1.27. The van der Waals surface area contributed by atoms with E-state index in [4.69, 9.17) is 10.0 Å². The van der Waals surface area contributed by atoms with Gasteiger partial charge in [0, 0.05) is 4.47 Å². The lowest BCUT2D eigenvalue weighted by molar-refractivity contribution is 0.448. The van der Waals surface area contributed by atoms with E-state index in [0.717, 1.165) is 4.47 Å². The van der Waals surface area contributed by atoms with Crippen molar-refractivity contribution in [3.8, 4) is 11.1 Å². The Morgan fingerprint density at radius 2 is 1.19 bits per heavy atom. The van der Waals surface area contributed by atoms with Crippen LogP contribution in [0.3, 0.4) is 0 Å². The molecule has 4 heteroatoms. The molecule has 0 atom stereocenters. The van der Waals surface area contributed by atoms with Crippen molar-refractivity contribution in [2.45, 2.75) is 0 Å². The first kappa shape index (κ1) is 13.0. The van der Waals surface area contributed by atoms with Crippen LogP contribution in [0.25, 0.3) is 11.1 Å². The van der Waals surface area contributed by atoms with Crippen LogP contribution in [0.15, 0.2) is 59.1 Å². The first-order valence-electron chi connectivity index (χ1n) is 4.80. The van der Waals surface area contributed by atoms with Crippen LogP contribution in [0, 0.1) is 0 Å². The van der Waals surface area contributed by atoms with Crippen LogP contribution < -0.4 is 0 Å². The van der Waals surface area contributed by atoms with Crippen molar-refractivity contribution >= 4 is 23.6 Å². The maximum absolute atomic E-state index is 7.12. The maximum atomic E-state index is 7.12. The van der Waals surface area contributed by atoms with E-state index in [1.54, 1.807) is 0 Å². The highest BCUT2D eigenvalue weighted by molar-refractivity contribution is 9.10. The lowest BCUT2D eigenvalue weighted by Crippen LogP contribution is -1.75. The standard InChI is InChI=1S/C12H9Br.BH3O2/c13-12-8-6-11(7-9-12)10-4-2-1-3-5-10;2-1-3/h1-9H;1-3H. The average Bonchev–Trinajstić information content (AvgIpc) is 2.32. The summed E-state index contributed by atoms with van der Waals surface area (Å²) in [5.74, 6) is 0. The number of rotatable bonds is 1. The predicted octanol–water partition coefficient (Wildman–Crippen LogP) is 2.35. The highest BCUT2D eigenvalue weighted by Crippen LogP contribution is 2.20. The number of halogens is 1. The summed E-state index contributed by atoms with van der Waals surface area (Å²) in [5, 5.41) is 14.2. The molecule has 2 aromatic carbocycles. The highest BCUT2D eigenvalue weighted by atomic mass is 79.9. The van der Waals surface area contributed by atoms with Gasteiger partial charge in [-0.25, -0.2) is 0 Å². The van der Waals surface area contributed by atoms with Crippen molar-refractivity contribution in [2.75, 3.05) is 0 Å². The Balaban J connectivity index is 0.000000386. The van der Waals surface area contributed by atoms with Crippen molar-refractivity contribution in [2.24, 2.45) is 0 Å². The normalized spacial score (nSPS) is 8.94. The molecular weight excluding hydrogens is 267 g/mol. The summed E-state index contributed by atoms with van der Waals surface area (Å²) in [5.41, 5.74) is 2.51. The van der Waals surface area contributed by atoms with Crippen molar-refractivity contribution < 1.29 is 10.0 Å². The van der Waals surface area contributed by atoms with Crippen molar-refractivity contribution in [1.82, 2.24) is 0 Å². The van der Waals surface area contributed by atoms with Crippen LogP contribution in [0.4, 0.5) is 0 Å². The lowest BCUT2D eigenvalue weighted by atomic mass is 10.1. The molecule has 0 amide bonds. The van der Waals surface area contributed by atoms with E-state index in [0.29, 0.717) is 0 Å². The summed E-state index contributed by atoms with van der Waals surface area (Å²) in [7, 11) is -0.750. The zero-order valence-electron chi connectivity index (χ0n) is 8.68. The zero-order chi connectivity index (χ0) is 11.8. The molecule has 16 heavy (non-hydrogen) atoms. The molecule has 0 radical (unpaired) electrons. The van der Waals surface area contributed by atoms with Gasteiger partial charge in [-0.1, -0.05) is 58.4 Å². The first-order valence-corrected chi connectivity index (χ1v) is 5.60. The fraction of sp³-hybridized carbons (Fsp3) is 0. The molecule has 82 valence electrons. The monoisotopic (exact) mass is 278 g/mol. The van der Waals surface area contributed by atoms with E-state index in [1.807, 2.05) is 6.07 Å². The SMILES string of the molecule is Brc1ccc(-c2ccccc2)cc1.OBO. The summed E-state index contributed by atoms with van der Waals surface area (Å²) in [6.07, 6.45) is 0. The third-order valence-electron chi connectivity index (χ3n) is 1.95. The van der Waals surface area contributed by atoms with Crippen LogP contribution in [-0.4, -0.2) is 17.7 Å². The zero-order valence-corrected chi connectivity index (χ0v) is 10.3. The second-order valence-electron chi connectivity index (χ2n) is 3.01. The molecule has 0 spiro atoms. The van der Waals surface area contributed by atoms with Gasteiger partial charge in [0.1, 0.15) is 0 Å². The second kappa shape index (κ2) is 7.22. The van der Waals surface area contributed by atoms with Gasteiger partial charge in [0.15, 0.2) is 0 Å². The van der Waals surface area contributed by atoms with Gasteiger partial charge in [0.2, 0.25) is 0 Å². The number of hydrogen-bond acceptors (Lipinski definition) is 2. The Morgan fingerprint density at radius 1 is 0.750 bits per heavy atom. The largest absolute Gasteiger partial charge is 0.432 e. The quantitative estimate of drug-likeness (QED) is 0.787. The summed E-state index contributed by atoms with van der Waals surface area (Å²) in [4.78, 5) is 0. The van der Waals surface area contributed by atoms with E-state index in [-0.39, 0.29) is 0 Å². The molecule has 0 saturated carbocycles. The molecule has 0 aromatic heterocycles. The summed E-state index contributed by atoms with van der Waals surface area (Å²) < 4.78 is 1.12. The molecule has 0 aliphatic heterocycles. The lowest BCUT2D eigenvalue weighted by Gasteiger charge is -2.00. The molecule has 0 aliphatic carbocycles. The number of hydrogen-bond donors (Lipinski definition) is 2. The Hall–Kier alpha value is -1.10. The van der Waals surface area contributed by atoms with E-state index < -0.39 is 7.69 Å². The van der Waals surface area contributed by atoms with Gasteiger partial charge in [-0.15, -0.1) is 0 Å². The first-order chi connectivity index (χ1) is 7.77. The highest BCUT2D eigenvalue weighted by Gasteiger charge is 1.94. The van der Waals surface area contributed by atoms with Crippen LogP contribution in [0.5, 0.6) is 0 Å². The van der Waals surface area contributed by atoms with Gasteiger partial charge >= 0.3 is 7.69 Å². The Labute approximate surface area is 104 Å². The van der Waals surface area contributed by atoms with Crippen LogP contribution in [0.1, 0.15) is 0 Å². The predicted molar refractivity (Wildman–Crippen MR) is 71.2 cm³/mol. The molecule has 0 bridgehead atoms. The van der Waals surface area contributed by atoms with Gasteiger partial charge in [0.05, 0.1) is 0 Å². The molecule has 2 rings (SSSR count). The molecule has 0 fully saturated rings. The van der Waals surface area contributed by atoms with Crippen molar-refractivity contribution in [1.29, 1.82) is 0 Å². The van der Waals surface area contributed by atoms with E-state index in [9.17, 15) is 0 Å². The minimum atomic E-state index is -0.750. The molecule has 0 saturated heterocycles. The van der Waals surface area contributed by atoms with Crippen molar-refractivity contribution in [3.05, 3.63) is 59.1 Å². The van der Waals surface area contributed by atoms with E-state index in [2.05, 4.69) is 64.5 Å². The fourth-order valence-corrected chi connectivity index (χ4v) is 1.54. The molecule has 0 aliphatic rings. The molecule has 2 nitrogen and oxygen atoms in total.